The second-order valence-electron chi connectivity index (χ2n) is 5.77. The Morgan fingerprint density at radius 1 is 0.852 bits per heavy atom. The fraction of sp³-hybridized carbons (Fsp3) is 0.250. The van der Waals surface area contributed by atoms with Gasteiger partial charge < -0.3 is 20.7 Å². The summed E-state index contributed by atoms with van der Waals surface area (Å²) >= 11 is 0. The largest absolute Gasteiger partial charge is 0.497 e. The predicted octanol–water partition coefficient (Wildman–Crippen LogP) is 1.25. The second kappa shape index (κ2) is 10.6. The minimum Gasteiger partial charge on any atom is -0.497 e. The van der Waals surface area contributed by atoms with Gasteiger partial charge in [0.25, 0.3) is 5.91 Å². The average molecular weight is 369 g/mol. The number of methoxy groups -OCH3 is 1. The maximum absolute atomic E-state index is 12.0. The summed E-state index contributed by atoms with van der Waals surface area (Å²) < 4.78 is 5.02. The number of hydrogen-bond donors (Lipinski definition) is 3. The van der Waals surface area contributed by atoms with E-state index in [0.29, 0.717) is 17.9 Å². The van der Waals surface area contributed by atoms with E-state index in [0.717, 1.165) is 5.56 Å². The number of benzene rings is 2. The van der Waals surface area contributed by atoms with Gasteiger partial charge in [-0.2, -0.15) is 0 Å². The molecule has 2 aromatic carbocycles. The molecule has 0 atom stereocenters. The first-order chi connectivity index (χ1) is 13.1. The van der Waals surface area contributed by atoms with E-state index in [2.05, 4.69) is 16.0 Å². The van der Waals surface area contributed by atoms with Crippen LogP contribution in [0, 0.1) is 0 Å². The van der Waals surface area contributed by atoms with Crippen molar-refractivity contribution in [3.8, 4) is 5.75 Å². The van der Waals surface area contributed by atoms with Crippen LogP contribution in [0.1, 0.15) is 22.3 Å². The van der Waals surface area contributed by atoms with Crippen molar-refractivity contribution in [1.29, 1.82) is 0 Å². The van der Waals surface area contributed by atoms with Crippen molar-refractivity contribution in [2.45, 2.75) is 13.0 Å². The van der Waals surface area contributed by atoms with Gasteiger partial charge in [0.15, 0.2) is 0 Å². The number of hydrogen-bond acceptors (Lipinski definition) is 4. The minimum absolute atomic E-state index is 0.151. The van der Waals surface area contributed by atoms with Crippen LogP contribution in [-0.4, -0.2) is 37.9 Å². The Labute approximate surface area is 158 Å². The van der Waals surface area contributed by atoms with Gasteiger partial charge in [0.2, 0.25) is 11.8 Å². The Morgan fingerprint density at radius 3 is 2.22 bits per heavy atom. The Hall–Kier alpha value is -3.35. The summed E-state index contributed by atoms with van der Waals surface area (Å²) in [4.78, 5) is 35.5. The lowest BCUT2D eigenvalue weighted by Crippen LogP contribution is -2.38. The van der Waals surface area contributed by atoms with E-state index in [1.807, 2.05) is 30.3 Å². The summed E-state index contributed by atoms with van der Waals surface area (Å²) in [5, 5.41) is 7.91. The third-order valence-electron chi connectivity index (χ3n) is 3.77. The van der Waals surface area contributed by atoms with Gasteiger partial charge in [-0.05, 0) is 29.8 Å². The molecule has 0 fully saturated rings. The number of nitrogens with one attached hydrogen (secondary N) is 3. The Bertz CT molecular complexity index is 761. The van der Waals surface area contributed by atoms with Crippen molar-refractivity contribution in [2.75, 3.05) is 20.2 Å². The smallest absolute Gasteiger partial charge is 0.251 e. The van der Waals surface area contributed by atoms with E-state index in [4.69, 9.17) is 4.74 Å². The Balaban J connectivity index is 1.61. The normalized spacial score (nSPS) is 9.96. The lowest BCUT2D eigenvalue weighted by Gasteiger charge is -2.08. The molecule has 0 aromatic heterocycles. The van der Waals surface area contributed by atoms with Crippen molar-refractivity contribution in [3.63, 3.8) is 0 Å². The molecule has 2 rings (SSSR count). The lowest BCUT2D eigenvalue weighted by molar-refractivity contribution is -0.122. The topological polar surface area (TPSA) is 96.5 Å². The van der Waals surface area contributed by atoms with Crippen molar-refractivity contribution in [2.24, 2.45) is 0 Å². The zero-order valence-corrected chi connectivity index (χ0v) is 15.2. The average Bonchev–Trinajstić information content (AvgIpc) is 2.71. The maximum atomic E-state index is 12.0. The molecule has 0 bridgehead atoms. The monoisotopic (exact) mass is 369 g/mol. The van der Waals surface area contributed by atoms with Crippen molar-refractivity contribution in [1.82, 2.24) is 16.0 Å². The number of amides is 3. The minimum atomic E-state index is -0.354. The van der Waals surface area contributed by atoms with Crippen molar-refractivity contribution < 1.29 is 19.1 Å². The van der Waals surface area contributed by atoms with E-state index in [1.165, 1.54) is 0 Å². The highest BCUT2D eigenvalue weighted by atomic mass is 16.5. The van der Waals surface area contributed by atoms with E-state index >= 15 is 0 Å². The van der Waals surface area contributed by atoms with Crippen LogP contribution in [0.3, 0.4) is 0 Å². The van der Waals surface area contributed by atoms with E-state index in [-0.39, 0.29) is 37.2 Å². The molecule has 0 aliphatic rings. The summed E-state index contributed by atoms with van der Waals surface area (Å²) in [5.74, 6) is -0.211. The number of carbonyl (C=O) groups excluding carboxylic acids is 3. The van der Waals surface area contributed by atoms with Gasteiger partial charge in [0, 0.05) is 25.1 Å². The molecule has 0 spiro atoms. The highest BCUT2D eigenvalue weighted by Crippen LogP contribution is 2.10. The zero-order valence-electron chi connectivity index (χ0n) is 15.2. The van der Waals surface area contributed by atoms with Crippen LogP contribution in [0.4, 0.5) is 0 Å². The van der Waals surface area contributed by atoms with Gasteiger partial charge in [-0.15, -0.1) is 0 Å². The Kier molecular flexibility index (Phi) is 7.84. The standard InChI is InChI=1S/C20H23N3O4/c1-27-17-9-7-16(8-10-17)20(26)23-14-19(25)21-12-11-18(24)22-13-15-5-3-2-4-6-15/h2-10H,11-14H2,1H3,(H,21,25)(H,22,24)(H,23,26). The van der Waals surface area contributed by atoms with Gasteiger partial charge in [-0.3, -0.25) is 14.4 Å². The zero-order chi connectivity index (χ0) is 19.5. The quantitative estimate of drug-likeness (QED) is 0.620. The van der Waals surface area contributed by atoms with Gasteiger partial charge in [0.05, 0.1) is 13.7 Å². The van der Waals surface area contributed by atoms with Crippen LogP contribution in [0.25, 0.3) is 0 Å². The first kappa shape index (κ1) is 20.0. The molecule has 27 heavy (non-hydrogen) atoms. The summed E-state index contributed by atoms with van der Waals surface area (Å²) in [7, 11) is 1.54. The van der Waals surface area contributed by atoms with Crippen molar-refractivity contribution in [3.05, 3.63) is 65.7 Å². The van der Waals surface area contributed by atoms with Crippen LogP contribution in [-0.2, 0) is 16.1 Å². The van der Waals surface area contributed by atoms with Gasteiger partial charge in [0.1, 0.15) is 5.75 Å². The lowest BCUT2D eigenvalue weighted by atomic mass is 10.2. The van der Waals surface area contributed by atoms with E-state index in [1.54, 1.807) is 31.4 Å². The van der Waals surface area contributed by atoms with Gasteiger partial charge in [-0.25, -0.2) is 0 Å². The fourth-order valence-corrected chi connectivity index (χ4v) is 2.27. The van der Waals surface area contributed by atoms with E-state index < -0.39 is 0 Å². The van der Waals surface area contributed by atoms with Crippen LogP contribution in [0.2, 0.25) is 0 Å². The molecule has 0 saturated heterocycles. The molecule has 7 heteroatoms. The van der Waals surface area contributed by atoms with Gasteiger partial charge in [-0.1, -0.05) is 30.3 Å². The molecule has 0 aliphatic heterocycles. The number of carbonyl (C=O) groups is 3. The predicted molar refractivity (Wildman–Crippen MR) is 101 cm³/mol. The number of rotatable bonds is 9. The SMILES string of the molecule is COc1ccc(C(=O)NCC(=O)NCCC(=O)NCc2ccccc2)cc1. The molecular formula is C20H23N3O4. The van der Waals surface area contributed by atoms with Crippen LogP contribution < -0.4 is 20.7 Å². The van der Waals surface area contributed by atoms with Crippen LogP contribution >= 0.6 is 0 Å². The molecular weight excluding hydrogens is 346 g/mol. The first-order valence-electron chi connectivity index (χ1n) is 8.58. The molecule has 142 valence electrons. The summed E-state index contributed by atoms with van der Waals surface area (Å²) in [6.07, 6.45) is 0.172. The first-order valence-corrected chi connectivity index (χ1v) is 8.58. The van der Waals surface area contributed by atoms with Crippen molar-refractivity contribution >= 4 is 17.7 Å². The second-order valence-corrected chi connectivity index (χ2v) is 5.77. The summed E-state index contributed by atoms with van der Waals surface area (Å²) in [6.45, 7) is 0.500. The summed E-state index contributed by atoms with van der Waals surface area (Å²) in [5.41, 5.74) is 1.44. The maximum Gasteiger partial charge on any atom is 0.251 e. The Morgan fingerprint density at radius 2 is 1.56 bits per heavy atom. The van der Waals surface area contributed by atoms with Crippen LogP contribution in [0.15, 0.2) is 54.6 Å². The molecule has 0 saturated carbocycles. The fourth-order valence-electron chi connectivity index (χ4n) is 2.27. The van der Waals surface area contributed by atoms with Gasteiger partial charge >= 0.3 is 0 Å². The molecule has 0 unspecified atom stereocenters. The molecule has 3 N–H and O–H groups in total. The third kappa shape index (κ3) is 7.19. The van der Waals surface area contributed by atoms with E-state index in [9.17, 15) is 14.4 Å². The molecule has 0 aliphatic carbocycles. The number of ether oxygens (including phenoxy) is 1. The molecule has 2 aromatic rings. The highest BCUT2D eigenvalue weighted by molar-refractivity contribution is 5.96. The summed E-state index contributed by atoms with van der Waals surface area (Å²) in [6, 6.07) is 16.1. The highest BCUT2D eigenvalue weighted by Gasteiger charge is 2.09. The molecule has 0 radical (unpaired) electrons. The third-order valence-corrected chi connectivity index (χ3v) is 3.77. The molecule has 3 amide bonds. The van der Waals surface area contributed by atoms with Crippen LogP contribution in [0.5, 0.6) is 5.75 Å². The molecule has 7 nitrogen and oxygen atoms in total. The molecule has 0 heterocycles.